The molecule has 1 saturated heterocycles. The van der Waals surface area contributed by atoms with E-state index in [1.807, 2.05) is 12.3 Å². The van der Waals surface area contributed by atoms with Crippen LogP contribution in [0.15, 0.2) is 24.4 Å². The molecule has 8 heteroatoms. The van der Waals surface area contributed by atoms with Gasteiger partial charge in [-0.15, -0.1) is 11.3 Å². The number of thiazole rings is 1. The van der Waals surface area contributed by atoms with E-state index in [0.717, 1.165) is 51.4 Å². The minimum absolute atomic E-state index is 0.304. The van der Waals surface area contributed by atoms with Crippen LogP contribution in [0.1, 0.15) is 12.8 Å². The highest BCUT2D eigenvalue weighted by atomic mass is 32.1. The van der Waals surface area contributed by atoms with Crippen LogP contribution in [0.4, 0.5) is 9.39 Å². The first kappa shape index (κ1) is 16.2. The van der Waals surface area contributed by atoms with E-state index in [9.17, 15) is 4.39 Å². The van der Waals surface area contributed by atoms with Gasteiger partial charge in [-0.3, -0.25) is 4.68 Å². The van der Waals surface area contributed by atoms with E-state index < -0.39 is 0 Å². The Morgan fingerprint density at radius 3 is 2.77 bits per heavy atom. The Labute approximate surface area is 157 Å². The molecule has 1 aliphatic rings. The van der Waals surface area contributed by atoms with Crippen LogP contribution >= 0.6 is 22.7 Å². The number of hydrogen-bond acceptors (Lipinski definition) is 6. The molecule has 0 amide bonds. The second-order valence-corrected chi connectivity index (χ2v) is 8.84. The van der Waals surface area contributed by atoms with Crippen molar-refractivity contribution in [2.45, 2.75) is 18.9 Å². The van der Waals surface area contributed by atoms with Crippen LogP contribution in [0, 0.1) is 5.82 Å². The van der Waals surface area contributed by atoms with Crippen molar-refractivity contribution in [1.82, 2.24) is 14.8 Å². The number of hydrogen-bond donors (Lipinski definition) is 1. The van der Waals surface area contributed by atoms with Crippen LogP contribution in [0.3, 0.4) is 0 Å². The zero-order valence-electron chi connectivity index (χ0n) is 14.3. The molecule has 0 atom stereocenters. The maximum absolute atomic E-state index is 14.4. The van der Waals surface area contributed by atoms with Gasteiger partial charge in [-0.1, -0.05) is 11.3 Å². The van der Waals surface area contributed by atoms with Crippen molar-refractivity contribution >= 4 is 48.1 Å². The van der Waals surface area contributed by atoms with Gasteiger partial charge in [0, 0.05) is 43.3 Å². The minimum atomic E-state index is -0.304. The number of aromatic nitrogens is 3. The van der Waals surface area contributed by atoms with Gasteiger partial charge in [0.25, 0.3) is 0 Å². The average Bonchev–Trinajstić information content (AvgIpc) is 3.27. The number of benzene rings is 1. The summed E-state index contributed by atoms with van der Waals surface area (Å²) in [4.78, 5) is 8.17. The van der Waals surface area contributed by atoms with E-state index >= 15 is 0 Å². The molecule has 26 heavy (non-hydrogen) atoms. The summed E-state index contributed by atoms with van der Waals surface area (Å²) in [6, 6.07) is 6.02. The number of nitrogens with two attached hydrogens (primary N) is 1. The Morgan fingerprint density at radius 2 is 2.00 bits per heavy atom. The summed E-state index contributed by atoms with van der Waals surface area (Å²) in [5.41, 5.74) is 7.21. The van der Waals surface area contributed by atoms with Gasteiger partial charge in [0.15, 0.2) is 5.82 Å². The predicted octanol–water partition coefficient (Wildman–Crippen LogP) is 3.98. The molecule has 0 radical (unpaired) electrons. The van der Waals surface area contributed by atoms with E-state index in [1.54, 1.807) is 34.4 Å². The molecule has 4 heterocycles. The topological polar surface area (TPSA) is 60.0 Å². The summed E-state index contributed by atoms with van der Waals surface area (Å²) in [7, 11) is 1.80. The standard InChI is InChI=1S/C18H18FN5S2/c1-23-9-11-6-10(7-13(19)16(11)22-23)17-21-18-14(25-17)8-15(26-18)24-4-2-12(20)3-5-24/h6-9,12H,2-5,20H2,1H3. The maximum Gasteiger partial charge on any atom is 0.152 e. The quantitative estimate of drug-likeness (QED) is 0.565. The Hall–Kier alpha value is -2.03. The zero-order valence-corrected chi connectivity index (χ0v) is 15.9. The molecule has 1 fully saturated rings. The van der Waals surface area contributed by atoms with Crippen molar-refractivity contribution in [2.75, 3.05) is 18.0 Å². The molecule has 3 aromatic heterocycles. The largest absolute Gasteiger partial charge is 0.363 e. The van der Waals surface area contributed by atoms with Crippen LogP contribution in [-0.2, 0) is 7.05 Å². The highest BCUT2D eigenvalue weighted by Gasteiger charge is 2.20. The second kappa shape index (κ2) is 6.00. The first-order chi connectivity index (χ1) is 12.6. The normalized spacial score (nSPS) is 16.2. The third-order valence-electron chi connectivity index (χ3n) is 4.85. The van der Waals surface area contributed by atoms with Crippen molar-refractivity contribution in [3.63, 3.8) is 0 Å². The fourth-order valence-corrected chi connectivity index (χ4v) is 5.71. The van der Waals surface area contributed by atoms with Gasteiger partial charge in [0.1, 0.15) is 15.4 Å². The number of rotatable bonds is 2. The summed E-state index contributed by atoms with van der Waals surface area (Å²) in [6.07, 6.45) is 3.90. The fourth-order valence-electron chi connectivity index (χ4n) is 3.46. The Kier molecular flexibility index (Phi) is 3.73. The highest BCUT2D eigenvalue weighted by molar-refractivity contribution is 7.30. The molecule has 5 nitrogen and oxygen atoms in total. The number of piperidine rings is 1. The molecular weight excluding hydrogens is 369 g/mol. The van der Waals surface area contributed by atoms with Gasteiger partial charge >= 0.3 is 0 Å². The molecule has 0 bridgehead atoms. The zero-order chi connectivity index (χ0) is 17.8. The van der Waals surface area contributed by atoms with Crippen LogP contribution < -0.4 is 10.6 Å². The van der Waals surface area contributed by atoms with Gasteiger partial charge in [-0.05, 0) is 31.0 Å². The number of aryl methyl sites for hydroxylation is 1. The van der Waals surface area contributed by atoms with Crippen molar-refractivity contribution in [1.29, 1.82) is 0 Å². The number of thiophene rings is 1. The Balaban J connectivity index is 1.49. The third-order valence-corrected chi connectivity index (χ3v) is 7.12. The molecule has 4 aromatic rings. The molecule has 1 aromatic carbocycles. The van der Waals surface area contributed by atoms with Crippen molar-refractivity contribution in [2.24, 2.45) is 12.8 Å². The van der Waals surface area contributed by atoms with Crippen LogP contribution in [-0.4, -0.2) is 33.9 Å². The number of halogens is 1. The average molecular weight is 388 g/mol. The number of fused-ring (bicyclic) bond motifs is 2. The van der Waals surface area contributed by atoms with E-state index in [0.29, 0.717) is 11.6 Å². The molecule has 0 spiro atoms. The van der Waals surface area contributed by atoms with Gasteiger partial charge < -0.3 is 10.6 Å². The molecule has 134 valence electrons. The van der Waals surface area contributed by atoms with Gasteiger partial charge in [0.2, 0.25) is 0 Å². The molecule has 2 N–H and O–H groups in total. The molecule has 0 saturated carbocycles. The maximum atomic E-state index is 14.4. The number of anilines is 1. The van der Waals surface area contributed by atoms with Crippen LogP contribution in [0.5, 0.6) is 0 Å². The van der Waals surface area contributed by atoms with Crippen molar-refractivity contribution in [3.05, 3.63) is 30.2 Å². The Morgan fingerprint density at radius 1 is 1.19 bits per heavy atom. The molecular formula is C18H18FN5S2. The lowest BCUT2D eigenvalue weighted by Crippen LogP contribution is -2.39. The monoisotopic (exact) mass is 387 g/mol. The van der Waals surface area contributed by atoms with Crippen LogP contribution in [0.2, 0.25) is 0 Å². The first-order valence-corrected chi connectivity index (χ1v) is 10.2. The predicted molar refractivity (Wildman–Crippen MR) is 107 cm³/mol. The molecule has 0 unspecified atom stereocenters. The van der Waals surface area contributed by atoms with Crippen LogP contribution in [0.25, 0.3) is 31.0 Å². The number of nitrogens with zero attached hydrogens (tertiary/aromatic N) is 4. The van der Waals surface area contributed by atoms with E-state index in [-0.39, 0.29) is 5.82 Å². The summed E-state index contributed by atoms with van der Waals surface area (Å²) in [6.45, 7) is 2.01. The van der Waals surface area contributed by atoms with Crippen molar-refractivity contribution in [3.8, 4) is 10.6 Å². The van der Waals surface area contributed by atoms with Gasteiger partial charge in [-0.2, -0.15) is 5.10 Å². The molecule has 1 aliphatic heterocycles. The second-order valence-electron chi connectivity index (χ2n) is 6.80. The highest BCUT2D eigenvalue weighted by Crippen LogP contribution is 2.40. The van der Waals surface area contributed by atoms with E-state index in [4.69, 9.17) is 10.7 Å². The lowest BCUT2D eigenvalue weighted by atomic mass is 10.1. The third kappa shape index (κ3) is 2.69. The molecule has 0 aliphatic carbocycles. The summed E-state index contributed by atoms with van der Waals surface area (Å²) in [5, 5.41) is 7.06. The van der Waals surface area contributed by atoms with E-state index in [2.05, 4.69) is 16.1 Å². The molecule has 5 rings (SSSR count). The SMILES string of the molecule is Cn1cc2cc(-c3nc4sc(N5CCC(N)CC5)cc4s3)cc(F)c2n1. The smallest absolute Gasteiger partial charge is 0.152 e. The van der Waals surface area contributed by atoms with Gasteiger partial charge in [-0.25, -0.2) is 9.37 Å². The fraction of sp³-hybridized carbons (Fsp3) is 0.333. The summed E-state index contributed by atoms with van der Waals surface area (Å²) < 4.78 is 17.1. The minimum Gasteiger partial charge on any atom is -0.363 e. The van der Waals surface area contributed by atoms with E-state index in [1.165, 1.54) is 11.1 Å². The lowest BCUT2D eigenvalue weighted by Gasteiger charge is -2.30. The van der Waals surface area contributed by atoms with Crippen molar-refractivity contribution < 1.29 is 4.39 Å². The summed E-state index contributed by atoms with van der Waals surface area (Å²) >= 11 is 3.32. The lowest BCUT2D eigenvalue weighted by molar-refractivity contribution is 0.503. The summed E-state index contributed by atoms with van der Waals surface area (Å²) in [5.74, 6) is -0.304. The first-order valence-electron chi connectivity index (χ1n) is 8.61. The Bertz CT molecular complexity index is 1070. The van der Waals surface area contributed by atoms with Gasteiger partial charge in [0.05, 0.1) is 9.70 Å².